The van der Waals surface area contributed by atoms with Gasteiger partial charge in [0.15, 0.2) is 0 Å². The number of benzene rings is 1. The number of piperidine rings is 1. The van der Waals surface area contributed by atoms with E-state index in [2.05, 4.69) is 4.90 Å². The third-order valence-electron chi connectivity index (χ3n) is 6.56. The second kappa shape index (κ2) is 9.84. The summed E-state index contributed by atoms with van der Waals surface area (Å²) in [6, 6.07) is 7.35. The molecule has 0 saturated carbocycles. The van der Waals surface area contributed by atoms with Crippen molar-refractivity contribution in [1.29, 1.82) is 0 Å². The third-order valence-corrected chi connectivity index (χ3v) is 6.56. The van der Waals surface area contributed by atoms with Gasteiger partial charge in [-0.25, -0.2) is 4.79 Å². The van der Waals surface area contributed by atoms with Crippen LogP contribution in [0, 0.1) is 0 Å². The van der Waals surface area contributed by atoms with Crippen LogP contribution in [0.5, 0.6) is 11.5 Å². The molecule has 1 aromatic carbocycles. The highest BCUT2D eigenvalue weighted by Gasteiger charge is 2.57. The SMILES string of the molecule is COCCN1C(=O)N(Cc2ccoc2)C(=O)C12CCN(Cc1cc(OC)cc(OC)c1)CC2. The standard InChI is InChI=1S/C24H31N3O6/c1-30-11-9-27-23(29)26(16-18-4-10-33-17-18)22(28)24(27)5-7-25(8-6-24)15-19-12-20(31-2)14-21(13-19)32-3/h4,10,12-14,17H,5-9,11,15-16H2,1-3H3. The van der Waals surface area contributed by atoms with Gasteiger partial charge < -0.3 is 23.5 Å². The Kier molecular flexibility index (Phi) is 6.90. The van der Waals surface area contributed by atoms with E-state index >= 15 is 0 Å². The van der Waals surface area contributed by atoms with Crippen LogP contribution in [0.15, 0.2) is 41.2 Å². The lowest BCUT2D eigenvalue weighted by Gasteiger charge is -2.42. The molecule has 9 heteroatoms. The lowest BCUT2D eigenvalue weighted by atomic mass is 9.85. The van der Waals surface area contributed by atoms with Gasteiger partial charge in [-0.3, -0.25) is 14.6 Å². The monoisotopic (exact) mass is 457 g/mol. The number of likely N-dealkylation sites (tertiary alicyclic amines) is 1. The van der Waals surface area contributed by atoms with Crippen LogP contribution in [0.2, 0.25) is 0 Å². The first-order valence-corrected chi connectivity index (χ1v) is 11.1. The molecule has 2 aromatic rings. The smallest absolute Gasteiger partial charge is 0.328 e. The first kappa shape index (κ1) is 23.1. The summed E-state index contributed by atoms with van der Waals surface area (Å²) in [5, 5.41) is 0. The van der Waals surface area contributed by atoms with Crippen LogP contribution in [0.25, 0.3) is 0 Å². The molecule has 0 aliphatic carbocycles. The van der Waals surface area contributed by atoms with Crippen molar-refractivity contribution in [3.8, 4) is 11.5 Å². The van der Waals surface area contributed by atoms with Gasteiger partial charge in [-0.1, -0.05) is 0 Å². The summed E-state index contributed by atoms with van der Waals surface area (Å²) in [7, 11) is 4.87. The molecule has 2 saturated heterocycles. The predicted molar refractivity (Wildman–Crippen MR) is 120 cm³/mol. The lowest BCUT2D eigenvalue weighted by Crippen LogP contribution is -2.57. The Morgan fingerprint density at radius 2 is 1.67 bits per heavy atom. The molecule has 4 rings (SSSR count). The van der Waals surface area contributed by atoms with Gasteiger partial charge in [0.05, 0.1) is 39.9 Å². The van der Waals surface area contributed by atoms with E-state index in [1.54, 1.807) is 44.8 Å². The third kappa shape index (κ3) is 4.56. The van der Waals surface area contributed by atoms with E-state index in [4.69, 9.17) is 18.6 Å². The molecule has 3 heterocycles. The van der Waals surface area contributed by atoms with Crippen molar-refractivity contribution in [2.45, 2.75) is 31.5 Å². The van der Waals surface area contributed by atoms with Gasteiger partial charge >= 0.3 is 6.03 Å². The molecule has 0 bridgehead atoms. The van der Waals surface area contributed by atoms with Gasteiger partial charge in [-0.2, -0.15) is 0 Å². The number of urea groups is 1. The quantitative estimate of drug-likeness (QED) is 0.536. The summed E-state index contributed by atoms with van der Waals surface area (Å²) < 4.78 is 21.1. The number of carbonyl (C=O) groups is 2. The lowest BCUT2D eigenvalue weighted by molar-refractivity contribution is -0.136. The highest BCUT2D eigenvalue weighted by Crippen LogP contribution is 2.38. The number of hydrogen-bond donors (Lipinski definition) is 0. The molecule has 178 valence electrons. The number of ether oxygens (including phenoxy) is 3. The number of amides is 3. The van der Waals surface area contributed by atoms with Crippen molar-refractivity contribution in [3.63, 3.8) is 0 Å². The van der Waals surface area contributed by atoms with Crippen molar-refractivity contribution in [1.82, 2.24) is 14.7 Å². The summed E-state index contributed by atoms with van der Waals surface area (Å²) in [5.74, 6) is 1.36. The summed E-state index contributed by atoms with van der Waals surface area (Å²) in [4.78, 5) is 32.2. The van der Waals surface area contributed by atoms with Gasteiger partial charge in [0.2, 0.25) is 0 Å². The zero-order valence-electron chi connectivity index (χ0n) is 19.4. The number of nitrogens with zero attached hydrogens (tertiary/aromatic N) is 3. The molecule has 2 fully saturated rings. The van der Waals surface area contributed by atoms with Gasteiger partial charge in [0.25, 0.3) is 5.91 Å². The first-order chi connectivity index (χ1) is 16.0. The number of hydrogen-bond acceptors (Lipinski definition) is 7. The number of furan rings is 1. The summed E-state index contributed by atoms with van der Waals surface area (Å²) in [6.07, 6.45) is 4.26. The van der Waals surface area contributed by atoms with E-state index < -0.39 is 5.54 Å². The fourth-order valence-electron chi connectivity index (χ4n) is 4.76. The van der Waals surface area contributed by atoms with E-state index in [1.807, 2.05) is 18.2 Å². The van der Waals surface area contributed by atoms with Crippen molar-refractivity contribution in [3.05, 3.63) is 47.9 Å². The Balaban J connectivity index is 1.49. The minimum absolute atomic E-state index is 0.132. The largest absolute Gasteiger partial charge is 0.497 e. The molecule has 0 unspecified atom stereocenters. The van der Waals surface area contributed by atoms with E-state index in [1.165, 1.54) is 4.90 Å². The first-order valence-electron chi connectivity index (χ1n) is 11.1. The Labute approximate surface area is 193 Å². The Bertz CT molecular complexity index is 946. The minimum Gasteiger partial charge on any atom is -0.497 e. The summed E-state index contributed by atoms with van der Waals surface area (Å²) in [5.41, 5.74) is 1.04. The molecule has 9 nitrogen and oxygen atoms in total. The molecule has 3 amide bonds. The molecule has 33 heavy (non-hydrogen) atoms. The second-order valence-electron chi connectivity index (χ2n) is 8.48. The molecular weight excluding hydrogens is 426 g/mol. The van der Waals surface area contributed by atoms with Gasteiger partial charge in [0, 0.05) is 44.9 Å². The molecular formula is C24H31N3O6. The Morgan fingerprint density at radius 3 is 2.24 bits per heavy atom. The number of imide groups is 1. The van der Waals surface area contributed by atoms with E-state index in [-0.39, 0.29) is 18.5 Å². The summed E-state index contributed by atoms with van der Waals surface area (Å²) in [6.45, 7) is 3.09. The van der Waals surface area contributed by atoms with Gasteiger partial charge in [-0.15, -0.1) is 0 Å². The zero-order chi connectivity index (χ0) is 23.4. The van der Waals surface area contributed by atoms with Crippen LogP contribution in [0.1, 0.15) is 24.0 Å². The maximum atomic E-state index is 13.6. The fourth-order valence-corrected chi connectivity index (χ4v) is 4.76. The van der Waals surface area contributed by atoms with Crippen LogP contribution in [-0.4, -0.2) is 79.7 Å². The molecule has 2 aliphatic heterocycles. The van der Waals surface area contributed by atoms with Crippen molar-refractivity contribution in [2.24, 2.45) is 0 Å². The zero-order valence-corrected chi connectivity index (χ0v) is 19.4. The molecule has 0 radical (unpaired) electrons. The number of methoxy groups -OCH3 is 3. The van der Waals surface area contributed by atoms with Gasteiger partial charge in [-0.05, 0) is 36.6 Å². The van der Waals surface area contributed by atoms with E-state index in [0.717, 1.165) is 22.6 Å². The van der Waals surface area contributed by atoms with E-state index in [9.17, 15) is 9.59 Å². The second-order valence-corrected chi connectivity index (χ2v) is 8.48. The average molecular weight is 458 g/mol. The highest BCUT2D eigenvalue weighted by atomic mass is 16.5. The highest BCUT2D eigenvalue weighted by molar-refractivity contribution is 6.07. The Hall–Kier alpha value is -3.04. The maximum absolute atomic E-state index is 13.6. The Morgan fingerprint density at radius 1 is 0.970 bits per heavy atom. The van der Waals surface area contributed by atoms with Crippen LogP contribution in [-0.2, 0) is 22.6 Å². The van der Waals surface area contributed by atoms with Crippen molar-refractivity contribution in [2.75, 3.05) is 47.6 Å². The molecule has 0 atom stereocenters. The van der Waals surface area contributed by atoms with Crippen LogP contribution in [0.4, 0.5) is 4.79 Å². The predicted octanol–water partition coefficient (Wildman–Crippen LogP) is 2.74. The summed E-state index contributed by atoms with van der Waals surface area (Å²) >= 11 is 0. The van der Waals surface area contributed by atoms with Crippen LogP contribution >= 0.6 is 0 Å². The topological polar surface area (TPSA) is 84.7 Å². The maximum Gasteiger partial charge on any atom is 0.328 e. The minimum atomic E-state index is -0.831. The van der Waals surface area contributed by atoms with Gasteiger partial charge in [0.1, 0.15) is 17.0 Å². The number of carbonyl (C=O) groups excluding carboxylic acids is 2. The average Bonchev–Trinajstić information content (AvgIpc) is 3.41. The fraction of sp³-hybridized carbons (Fsp3) is 0.500. The van der Waals surface area contributed by atoms with Crippen LogP contribution in [0.3, 0.4) is 0 Å². The normalized spacial score (nSPS) is 18.4. The molecule has 2 aliphatic rings. The molecule has 1 spiro atoms. The van der Waals surface area contributed by atoms with E-state index in [0.29, 0.717) is 45.6 Å². The van der Waals surface area contributed by atoms with Crippen molar-refractivity contribution < 1.29 is 28.2 Å². The molecule has 0 N–H and O–H groups in total. The van der Waals surface area contributed by atoms with Crippen LogP contribution < -0.4 is 9.47 Å². The number of rotatable bonds is 9. The molecule has 1 aromatic heterocycles. The van der Waals surface area contributed by atoms with Crippen molar-refractivity contribution >= 4 is 11.9 Å².